The van der Waals surface area contributed by atoms with Crippen LogP contribution in [0.15, 0.2) is 40.8 Å². The van der Waals surface area contributed by atoms with E-state index in [9.17, 15) is 9.59 Å². The van der Waals surface area contributed by atoms with Gasteiger partial charge >= 0.3 is 0 Å². The molecule has 0 aliphatic rings. The third-order valence-corrected chi connectivity index (χ3v) is 4.56. The first-order valence-electron chi connectivity index (χ1n) is 7.74. The van der Waals surface area contributed by atoms with Gasteiger partial charge in [-0.3, -0.25) is 9.59 Å². The van der Waals surface area contributed by atoms with E-state index in [1.54, 1.807) is 50.2 Å². The zero-order chi connectivity index (χ0) is 18.1. The quantitative estimate of drug-likeness (QED) is 0.578. The van der Waals surface area contributed by atoms with Crippen molar-refractivity contribution in [3.63, 3.8) is 0 Å². The molecule has 0 radical (unpaired) electrons. The van der Waals surface area contributed by atoms with Crippen molar-refractivity contribution in [3.05, 3.63) is 63.3 Å². The molecule has 6 heteroatoms. The highest BCUT2D eigenvalue weighted by atomic mass is 35.5. The van der Waals surface area contributed by atoms with Crippen LogP contribution in [0.3, 0.4) is 0 Å². The number of carbonyl (C=O) groups is 2. The highest BCUT2D eigenvalue weighted by molar-refractivity contribution is 6.40. The fourth-order valence-electron chi connectivity index (χ4n) is 2.76. The Kier molecular flexibility index (Phi) is 4.84. The molecule has 0 fully saturated rings. The minimum Gasteiger partial charge on any atom is -0.458 e. The first-order chi connectivity index (χ1) is 11.9. The number of carbonyl (C=O) groups excluding carboxylic acids is 2. The van der Waals surface area contributed by atoms with E-state index < -0.39 is 5.91 Å². The predicted molar refractivity (Wildman–Crippen MR) is 100.0 cm³/mol. The molecular weight excluding hydrogens is 361 g/mol. The van der Waals surface area contributed by atoms with Crippen LogP contribution < -0.4 is 5.32 Å². The van der Waals surface area contributed by atoms with Gasteiger partial charge < -0.3 is 9.73 Å². The van der Waals surface area contributed by atoms with Crippen molar-refractivity contribution in [1.82, 2.24) is 0 Å². The maximum absolute atomic E-state index is 12.6. The van der Waals surface area contributed by atoms with Crippen LogP contribution in [0, 0.1) is 6.92 Å². The van der Waals surface area contributed by atoms with E-state index in [-0.39, 0.29) is 21.4 Å². The first-order valence-corrected chi connectivity index (χ1v) is 8.50. The molecular formula is C19H15Cl2NO3. The summed E-state index contributed by atoms with van der Waals surface area (Å²) < 4.78 is 5.75. The Morgan fingerprint density at radius 2 is 1.68 bits per heavy atom. The van der Waals surface area contributed by atoms with Gasteiger partial charge in [-0.1, -0.05) is 48.3 Å². The number of fused-ring (bicyclic) bond motifs is 1. The topological polar surface area (TPSA) is 59.3 Å². The third kappa shape index (κ3) is 3.15. The van der Waals surface area contributed by atoms with Gasteiger partial charge in [-0.2, -0.15) is 0 Å². The van der Waals surface area contributed by atoms with Crippen molar-refractivity contribution in [2.75, 3.05) is 5.32 Å². The number of halogens is 2. The normalized spacial score (nSPS) is 10.9. The van der Waals surface area contributed by atoms with Crippen LogP contribution in [0.4, 0.5) is 5.69 Å². The molecule has 1 aromatic heterocycles. The van der Waals surface area contributed by atoms with Crippen LogP contribution in [-0.4, -0.2) is 11.7 Å². The van der Waals surface area contributed by atoms with Gasteiger partial charge in [0.2, 0.25) is 0 Å². The molecule has 0 aliphatic carbocycles. The summed E-state index contributed by atoms with van der Waals surface area (Å²) in [5.41, 5.74) is 1.64. The average molecular weight is 376 g/mol. The number of hydrogen-bond donors (Lipinski definition) is 1. The summed E-state index contributed by atoms with van der Waals surface area (Å²) in [6.45, 7) is 3.53. The Bertz CT molecular complexity index is 971. The zero-order valence-corrected chi connectivity index (χ0v) is 15.2. The number of Topliss-reactive ketones (excluding diaryl/α,β-unsaturated/α-hetero) is 1. The molecule has 0 bridgehead atoms. The molecule has 25 heavy (non-hydrogen) atoms. The molecule has 2 aromatic carbocycles. The van der Waals surface area contributed by atoms with Gasteiger partial charge in [0.05, 0.1) is 26.9 Å². The second kappa shape index (κ2) is 6.90. The zero-order valence-electron chi connectivity index (χ0n) is 13.7. The van der Waals surface area contributed by atoms with Gasteiger partial charge in [-0.15, -0.1) is 0 Å². The Morgan fingerprint density at radius 1 is 1.04 bits per heavy atom. The van der Waals surface area contributed by atoms with Crippen LogP contribution in [0.1, 0.15) is 39.8 Å². The number of amides is 1. The van der Waals surface area contributed by atoms with E-state index in [4.69, 9.17) is 27.6 Å². The molecule has 0 atom stereocenters. The number of benzene rings is 2. The Hall–Kier alpha value is -2.30. The average Bonchev–Trinajstić information content (AvgIpc) is 2.91. The van der Waals surface area contributed by atoms with Crippen molar-refractivity contribution in [3.8, 4) is 0 Å². The van der Waals surface area contributed by atoms with Gasteiger partial charge in [0.15, 0.2) is 11.4 Å². The minimum absolute atomic E-state index is 0.00567. The van der Waals surface area contributed by atoms with Gasteiger partial charge in [-0.05, 0) is 25.1 Å². The van der Waals surface area contributed by atoms with Gasteiger partial charge in [0.25, 0.3) is 5.91 Å². The van der Waals surface area contributed by atoms with Crippen molar-refractivity contribution in [2.24, 2.45) is 0 Å². The molecule has 3 aromatic rings. The van der Waals surface area contributed by atoms with E-state index in [1.807, 2.05) is 0 Å². The second-order valence-electron chi connectivity index (χ2n) is 5.54. The summed E-state index contributed by atoms with van der Waals surface area (Å²) in [5.74, 6) is 0.0775. The summed E-state index contributed by atoms with van der Waals surface area (Å²) in [6.07, 6.45) is 0.376. The van der Waals surface area contributed by atoms with Crippen molar-refractivity contribution in [1.29, 1.82) is 0 Å². The van der Waals surface area contributed by atoms with Crippen molar-refractivity contribution >= 4 is 51.5 Å². The summed E-state index contributed by atoms with van der Waals surface area (Å²) in [6, 6.07) is 10.1. The highest BCUT2D eigenvalue weighted by Crippen LogP contribution is 2.33. The van der Waals surface area contributed by atoms with Crippen molar-refractivity contribution in [2.45, 2.75) is 20.3 Å². The van der Waals surface area contributed by atoms with E-state index in [1.165, 1.54) is 0 Å². The molecule has 1 heterocycles. The lowest BCUT2D eigenvalue weighted by Crippen LogP contribution is -2.13. The standard InChI is InChI=1S/C19H15Cl2NO3/c1-3-15(23)16-10(2)25-18-11(16)6-4-9-14(18)22-19(24)17-12(20)7-5-8-13(17)21/h4-9H,3H2,1-2H3,(H,22,24). The summed E-state index contributed by atoms with van der Waals surface area (Å²) in [5, 5.41) is 3.96. The molecule has 1 N–H and O–H groups in total. The summed E-state index contributed by atoms with van der Waals surface area (Å²) >= 11 is 12.2. The number of anilines is 1. The molecule has 0 saturated heterocycles. The van der Waals surface area contributed by atoms with Gasteiger partial charge in [0, 0.05) is 11.8 Å². The lowest BCUT2D eigenvalue weighted by atomic mass is 10.0. The molecule has 0 saturated carbocycles. The summed E-state index contributed by atoms with van der Waals surface area (Å²) in [7, 11) is 0. The molecule has 1 amide bonds. The number of nitrogens with one attached hydrogen (secondary N) is 1. The van der Waals surface area contributed by atoms with E-state index in [2.05, 4.69) is 5.32 Å². The van der Waals surface area contributed by atoms with Gasteiger partial charge in [0.1, 0.15) is 5.76 Å². The molecule has 0 unspecified atom stereocenters. The van der Waals surface area contributed by atoms with Crippen LogP contribution in [0.5, 0.6) is 0 Å². The Morgan fingerprint density at radius 3 is 2.32 bits per heavy atom. The predicted octanol–water partition coefficient (Wildman–Crippen LogP) is 5.89. The van der Waals surface area contributed by atoms with Crippen molar-refractivity contribution < 1.29 is 14.0 Å². The fourth-order valence-corrected chi connectivity index (χ4v) is 3.33. The highest BCUT2D eigenvalue weighted by Gasteiger charge is 2.21. The molecule has 0 aliphatic heterocycles. The summed E-state index contributed by atoms with van der Waals surface area (Å²) in [4.78, 5) is 24.8. The SMILES string of the molecule is CCC(=O)c1c(C)oc2c(NC(=O)c3c(Cl)cccc3Cl)cccc12. The number of rotatable bonds is 4. The Labute approximate surface area is 154 Å². The number of furan rings is 1. The van der Waals surface area contributed by atoms with Crippen LogP contribution in [0.2, 0.25) is 10.0 Å². The number of aryl methyl sites for hydroxylation is 1. The minimum atomic E-state index is -0.444. The van der Waals surface area contributed by atoms with Gasteiger partial charge in [-0.25, -0.2) is 0 Å². The lowest BCUT2D eigenvalue weighted by molar-refractivity contribution is 0.0986. The lowest BCUT2D eigenvalue weighted by Gasteiger charge is -2.08. The fraction of sp³-hybridized carbons (Fsp3) is 0.158. The van der Waals surface area contributed by atoms with E-state index >= 15 is 0 Å². The van der Waals surface area contributed by atoms with Crippen LogP contribution in [-0.2, 0) is 0 Å². The molecule has 4 nitrogen and oxygen atoms in total. The number of hydrogen-bond acceptors (Lipinski definition) is 3. The first kappa shape index (κ1) is 17.5. The van der Waals surface area contributed by atoms with Crippen LogP contribution in [0.25, 0.3) is 11.0 Å². The number of para-hydroxylation sites is 1. The van der Waals surface area contributed by atoms with E-state index in [0.717, 1.165) is 0 Å². The smallest absolute Gasteiger partial charge is 0.258 e. The largest absolute Gasteiger partial charge is 0.458 e. The van der Waals surface area contributed by atoms with E-state index in [0.29, 0.717) is 34.4 Å². The number of ketones is 1. The molecule has 3 rings (SSSR count). The van der Waals surface area contributed by atoms with Crippen LogP contribution >= 0.6 is 23.2 Å². The monoisotopic (exact) mass is 375 g/mol. The maximum Gasteiger partial charge on any atom is 0.258 e. The third-order valence-electron chi connectivity index (χ3n) is 3.93. The Balaban J connectivity index is 2.06. The molecule has 128 valence electrons. The molecule has 0 spiro atoms. The maximum atomic E-state index is 12.6. The second-order valence-corrected chi connectivity index (χ2v) is 6.36.